The second kappa shape index (κ2) is 10.9. The highest BCUT2D eigenvalue weighted by Crippen LogP contribution is 2.40. The molecule has 40 heavy (non-hydrogen) atoms. The van der Waals surface area contributed by atoms with Gasteiger partial charge in [0.1, 0.15) is 11.2 Å². The van der Waals surface area contributed by atoms with Gasteiger partial charge in [0.2, 0.25) is 0 Å². The zero-order chi connectivity index (χ0) is 27.6. The summed E-state index contributed by atoms with van der Waals surface area (Å²) in [6.45, 7) is 10.7. The minimum atomic E-state index is 0.795. The Morgan fingerprint density at radius 3 is 2.52 bits per heavy atom. The summed E-state index contributed by atoms with van der Waals surface area (Å²) in [6, 6.07) is 19.4. The van der Waals surface area contributed by atoms with E-state index in [0.717, 1.165) is 63.5 Å². The number of H-pyrrole nitrogens is 1. The molecule has 0 amide bonds. The van der Waals surface area contributed by atoms with Gasteiger partial charge in [0.25, 0.3) is 0 Å². The fourth-order valence-electron chi connectivity index (χ4n) is 6.08. The lowest BCUT2D eigenvalue weighted by atomic mass is 9.90. The molecule has 0 saturated carbocycles. The first kappa shape index (κ1) is 25.7. The van der Waals surface area contributed by atoms with Gasteiger partial charge in [0.15, 0.2) is 0 Å². The van der Waals surface area contributed by atoms with Crippen molar-refractivity contribution in [3.8, 4) is 11.1 Å². The number of rotatable bonds is 7. The van der Waals surface area contributed by atoms with Crippen LogP contribution in [0.1, 0.15) is 60.0 Å². The normalized spacial score (nSPS) is 13.2. The first-order chi connectivity index (χ1) is 19.6. The van der Waals surface area contributed by atoms with Gasteiger partial charge >= 0.3 is 0 Å². The van der Waals surface area contributed by atoms with Crippen LogP contribution in [-0.2, 0) is 19.3 Å². The van der Waals surface area contributed by atoms with Crippen molar-refractivity contribution in [3.63, 3.8) is 0 Å². The molecule has 0 radical (unpaired) electrons. The summed E-state index contributed by atoms with van der Waals surface area (Å²) in [5.74, 6) is 0. The molecule has 2 nitrogen and oxygen atoms in total. The van der Waals surface area contributed by atoms with Crippen LogP contribution in [0.3, 0.4) is 0 Å². The molecule has 6 rings (SSSR count). The smallest absolute Gasteiger partial charge is 0.143 e. The van der Waals surface area contributed by atoms with E-state index in [2.05, 4.69) is 129 Å². The summed E-state index contributed by atoms with van der Waals surface area (Å²) in [7, 11) is 0. The molecule has 1 aliphatic carbocycles. The third-order valence-electron chi connectivity index (χ3n) is 7.83. The first-order valence-corrected chi connectivity index (χ1v) is 14.2. The maximum absolute atomic E-state index is 6.73. The van der Waals surface area contributed by atoms with Crippen LogP contribution in [0.4, 0.5) is 0 Å². The lowest BCUT2D eigenvalue weighted by Gasteiger charge is -2.13. The highest BCUT2D eigenvalue weighted by molar-refractivity contribution is 6.11. The lowest BCUT2D eigenvalue weighted by Crippen LogP contribution is -1.91. The van der Waals surface area contributed by atoms with Crippen molar-refractivity contribution >= 4 is 45.7 Å². The van der Waals surface area contributed by atoms with Crippen molar-refractivity contribution < 1.29 is 4.42 Å². The Hall–Kier alpha value is -4.56. The van der Waals surface area contributed by atoms with Crippen LogP contribution in [-0.4, -0.2) is 4.98 Å². The molecule has 0 unspecified atom stereocenters. The van der Waals surface area contributed by atoms with Gasteiger partial charge in [-0.05, 0) is 71.7 Å². The Morgan fingerprint density at radius 1 is 0.950 bits per heavy atom. The SMILES string of the molecule is C=C(C)c1c(/C=C\C)cccc1-c1cccc2c1oc1c(C/C=C\c3[nH]c4c(c3CC)C=CC=CC4)cccc12. The molecule has 0 atom stereocenters. The molecule has 198 valence electrons. The predicted octanol–water partition coefficient (Wildman–Crippen LogP) is 10.6. The molecule has 2 heterocycles. The third kappa shape index (κ3) is 4.50. The fourth-order valence-corrected chi connectivity index (χ4v) is 6.08. The number of aromatic nitrogens is 1. The van der Waals surface area contributed by atoms with E-state index in [1.165, 1.54) is 33.6 Å². The highest BCUT2D eigenvalue weighted by Gasteiger charge is 2.18. The average molecular weight is 522 g/mol. The Balaban J connectivity index is 1.41. The Morgan fingerprint density at radius 2 is 1.73 bits per heavy atom. The summed E-state index contributed by atoms with van der Waals surface area (Å²) in [5, 5.41) is 2.30. The number of aromatic amines is 1. The molecule has 0 spiro atoms. The highest BCUT2D eigenvalue weighted by atomic mass is 16.3. The minimum absolute atomic E-state index is 0.795. The molecular formula is C38H35NO. The number of para-hydroxylation sites is 2. The van der Waals surface area contributed by atoms with E-state index in [4.69, 9.17) is 4.42 Å². The molecular weight excluding hydrogens is 486 g/mol. The van der Waals surface area contributed by atoms with Crippen LogP contribution >= 0.6 is 0 Å². The number of furan rings is 1. The standard InChI is InChI=1S/C38H35NO/c1-5-14-26-15-10-19-30(36(26)25(3)4)31-21-13-22-33-32-20-11-16-27(37(32)40-38(31)33)17-12-24-34-28(6-2)29-18-8-7-9-23-35(29)39-34/h5,7-16,18-22,24,39H,3,6,17,23H2,1-2,4H3/b14-5-,24-12-. The molecule has 2 heteroatoms. The van der Waals surface area contributed by atoms with Gasteiger partial charge in [-0.1, -0.05) is 111 Å². The molecule has 5 aromatic rings. The predicted molar refractivity (Wildman–Crippen MR) is 173 cm³/mol. The van der Waals surface area contributed by atoms with E-state index in [0.29, 0.717) is 0 Å². The van der Waals surface area contributed by atoms with Gasteiger partial charge in [-0.2, -0.15) is 0 Å². The van der Waals surface area contributed by atoms with Gasteiger partial charge in [-0.15, -0.1) is 0 Å². The average Bonchev–Trinajstić information content (AvgIpc) is 3.42. The van der Waals surface area contributed by atoms with Crippen LogP contribution in [0.25, 0.3) is 56.9 Å². The van der Waals surface area contributed by atoms with Crippen molar-refractivity contribution in [2.75, 3.05) is 0 Å². The zero-order valence-corrected chi connectivity index (χ0v) is 23.6. The topological polar surface area (TPSA) is 28.9 Å². The van der Waals surface area contributed by atoms with Crippen molar-refractivity contribution in [1.29, 1.82) is 0 Å². The number of allylic oxidation sites excluding steroid dienone is 6. The molecule has 1 aliphatic rings. The van der Waals surface area contributed by atoms with Crippen LogP contribution in [0, 0.1) is 0 Å². The fraction of sp³-hybridized carbons (Fsp3) is 0.158. The number of fused-ring (bicyclic) bond motifs is 4. The number of hydrogen-bond donors (Lipinski definition) is 1. The summed E-state index contributed by atoms with van der Waals surface area (Å²) in [5.41, 5.74) is 13.9. The molecule has 0 fully saturated rings. The van der Waals surface area contributed by atoms with Crippen LogP contribution in [0.15, 0.2) is 96.0 Å². The van der Waals surface area contributed by atoms with Gasteiger partial charge in [0, 0.05) is 34.1 Å². The van der Waals surface area contributed by atoms with E-state index in [-0.39, 0.29) is 0 Å². The van der Waals surface area contributed by atoms with E-state index < -0.39 is 0 Å². The van der Waals surface area contributed by atoms with E-state index in [1.54, 1.807) is 0 Å². The number of nitrogens with one attached hydrogen (secondary N) is 1. The number of hydrogen-bond acceptors (Lipinski definition) is 1. The molecule has 0 bridgehead atoms. The van der Waals surface area contributed by atoms with E-state index in [1.807, 2.05) is 6.92 Å². The molecule has 0 aliphatic heterocycles. The minimum Gasteiger partial charge on any atom is -0.455 e. The van der Waals surface area contributed by atoms with Crippen molar-refractivity contribution in [2.24, 2.45) is 0 Å². The van der Waals surface area contributed by atoms with Gasteiger partial charge in [-0.3, -0.25) is 0 Å². The van der Waals surface area contributed by atoms with Crippen LogP contribution < -0.4 is 0 Å². The molecule has 2 aromatic heterocycles. The Labute approximate surface area is 236 Å². The van der Waals surface area contributed by atoms with Crippen molar-refractivity contribution in [3.05, 3.63) is 131 Å². The summed E-state index contributed by atoms with van der Waals surface area (Å²) < 4.78 is 6.73. The summed E-state index contributed by atoms with van der Waals surface area (Å²) >= 11 is 0. The maximum Gasteiger partial charge on any atom is 0.143 e. The van der Waals surface area contributed by atoms with E-state index >= 15 is 0 Å². The second-order valence-electron chi connectivity index (χ2n) is 10.5. The Kier molecular flexibility index (Phi) is 7.00. The van der Waals surface area contributed by atoms with Gasteiger partial charge in [-0.25, -0.2) is 0 Å². The van der Waals surface area contributed by atoms with Gasteiger partial charge in [0.05, 0.1) is 0 Å². The van der Waals surface area contributed by atoms with Gasteiger partial charge < -0.3 is 9.40 Å². The van der Waals surface area contributed by atoms with Crippen molar-refractivity contribution in [2.45, 2.75) is 40.0 Å². The maximum atomic E-state index is 6.73. The first-order valence-electron chi connectivity index (χ1n) is 14.2. The largest absolute Gasteiger partial charge is 0.455 e. The van der Waals surface area contributed by atoms with Crippen LogP contribution in [0.5, 0.6) is 0 Å². The lowest BCUT2D eigenvalue weighted by molar-refractivity contribution is 0.665. The monoisotopic (exact) mass is 521 g/mol. The summed E-state index contributed by atoms with van der Waals surface area (Å²) in [4.78, 5) is 3.67. The van der Waals surface area contributed by atoms with Crippen molar-refractivity contribution in [1.82, 2.24) is 4.98 Å². The number of benzene rings is 3. The molecule has 0 saturated heterocycles. The molecule has 3 aromatic carbocycles. The zero-order valence-electron chi connectivity index (χ0n) is 23.6. The van der Waals surface area contributed by atoms with E-state index in [9.17, 15) is 0 Å². The third-order valence-corrected chi connectivity index (χ3v) is 7.83. The second-order valence-corrected chi connectivity index (χ2v) is 10.5. The molecule has 1 N–H and O–H groups in total. The summed E-state index contributed by atoms with van der Waals surface area (Å²) in [6.07, 6.45) is 20.2. The van der Waals surface area contributed by atoms with Crippen LogP contribution in [0.2, 0.25) is 0 Å². The Bertz CT molecular complexity index is 1860. The quantitative estimate of drug-likeness (QED) is 0.227.